The van der Waals surface area contributed by atoms with E-state index in [2.05, 4.69) is 25.1 Å². The predicted octanol–water partition coefficient (Wildman–Crippen LogP) is 4.13. The maximum atomic E-state index is 12.1. The second-order valence-corrected chi connectivity index (χ2v) is 6.68. The van der Waals surface area contributed by atoms with Crippen LogP contribution in [0.3, 0.4) is 0 Å². The summed E-state index contributed by atoms with van der Waals surface area (Å²) in [7, 11) is 0. The van der Waals surface area contributed by atoms with Crippen LogP contribution in [0.15, 0.2) is 58.7 Å². The Bertz CT molecular complexity index is 741. The smallest absolute Gasteiger partial charge is 0.310 e. The van der Waals surface area contributed by atoms with Crippen LogP contribution in [-0.2, 0) is 22.6 Å². The molecule has 0 N–H and O–H groups in total. The van der Waals surface area contributed by atoms with E-state index in [4.69, 9.17) is 9.15 Å². The molecule has 2 aromatic rings. The summed E-state index contributed by atoms with van der Waals surface area (Å²) in [5.74, 6) is 1.86. The fraction of sp³-hybridized carbons (Fsp3) is 0.350. The summed E-state index contributed by atoms with van der Waals surface area (Å²) in [5, 5.41) is 0. The van der Waals surface area contributed by atoms with Crippen LogP contribution in [0.4, 0.5) is 0 Å². The first kappa shape index (κ1) is 14.3. The van der Waals surface area contributed by atoms with Crippen LogP contribution in [0.2, 0.25) is 0 Å². The number of furan rings is 1. The Balaban J connectivity index is 1.30. The molecule has 1 saturated carbocycles. The van der Waals surface area contributed by atoms with E-state index in [1.807, 2.05) is 24.3 Å². The Hall–Kier alpha value is -2.29. The molecule has 0 unspecified atom stereocenters. The number of hydrogen-bond donors (Lipinski definition) is 0. The quantitative estimate of drug-likeness (QED) is 0.616. The maximum Gasteiger partial charge on any atom is 0.310 e. The number of carbonyl (C=O) groups excluding carboxylic acids is 1. The molecule has 0 amide bonds. The summed E-state index contributed by atoms with van der Waals surface area (Å²) in [6.45, 7) is 2.43. The molecule has 1 heterocycles. The summed E-state index contributed by atoms with van der Waals surface area (Å²) in [5.41, 5.74) is 3.53. The van der Waals surface area contributed by atoms with Gasteiger partial charge in [0.2, 0.25) is 0 Å². The van der Waals surface area contributed by atoms with Gasteiger partial charge in [0.05, 0.1) is 12.2 Å². The molecule has 0 bridgehead atoms. The third-order valence-corrected chi connectivity index (χ3v) is 4.85. The molecule has 2 aliphatic rings. The van der Waals surface area contributed by atoms with Gasteiger partial charge in [-0.15, -0.1) is 0 Å². The number of fused-ring (bicyclic) bond motifs is 1. The van der Waals surface area contributed by atoms with Crippen molar-refractivity contribution < 1.29 is 13.9 Å². The fourth-order valence-corrected chi connectivity index (χ4v) is 3.63. The Morgan fingerprint density at radius 1 is 1.26 bits per heavy atom. The zero-order valence-corrected chi connectivity index (χ0v) is 13.2. The standard InChI is InChI=1S/C20H20O3/c1-13-7-17-18(8-13)19(17)20(21)23-12-15-10-16(22-11-15)9-14-5-3-2-4-6-14/h2-7,10-11,17-19H,8-9,12H2,1H3/t17-,18+,19+/m0/s1. The normalized spacial score (nSPS) is 24.9. The van der Waals surface area contributed by atoms with E-state index in [1.165, 1.54) is 11.1 Å². The average Bonchev–Trinajstić information content (AvgIpc) is 2.87. The van der Waals surface area contributed by atoms with E-state index in [1.54, 1.807) is 6.26 Å². The van der Waals surface area contributed by atoms with Gasteiger partial charge < -0.3 is 9.15 Å². The lowest BCUT2D eigenvalue weighted by atomic mass is 10.1. The van der Waals surface area contributed by atoms with E-state index in [-0.39, 0.29) is 11.9 Å². The van der Waals surface area contributed by atoms with Crippen molar-refractivity contribution >= 4 is 5.97 Å². The maximum absolute atomic E-state index is 12.1. The first-order valence-electron chi connectivity index (χ1n) is 8.15. The van der Waals surface area contributed by atoms with Gasteiger partial charge in [-0.1, -0.05) is 42.0 Å². The third kappa shape index (κ3) is 2.96. The minimum absolute atomic E-state index is 0.0606. The van der Waals surface area contributed by atoms with Crippen LogP contribution in [-0.4, -0.2) is 5.97 Å². The van der Waals surface area contributed by atoms with Gasteiger partial charge in [0, 0.05) is 12.0 Å². The number of allylic oxidation sites excluding steroid dienone is 2. The highest BCUT2D eigenvalue weighted by atomic mass is 16.5. The minimum atomic E-state index is -0.0606. The SMILES string of the molecule is CC1=C[C@H]2[C@@H](C1)[C@@H]2C(=O)OCc1coc(Cc2ccccc2)c1. The molecule has 3 heteroatoms. The van der Waals surface area contributed by atoms with Crippen molar-refractivity contribution in [2.75, 3.05) is 0 Å². The molecule has 2 aliphatic carbocycles. The molecule has 0 spiro atoms. The van der Waals surface area contributed by atoms with E-state index < -0.39 is 0 Å². The van der Waals surface area contributed by atoms with Crippen LogP contribution < -0.4 is 0 Å². The summed E-state index contributed by atoms with van der Waals surface area (Å²) in [6, 6.07) is 12.2. The predicted molar refractivity (Wildman–Crippen MR) is 86.6 cm³/mol. The lowest BCUT2D eigenvalue weighted by Crippen LogP contribution is -2.09. The lowest BCUT2D eigenvalue weighted by molar-refractivity contribution is -0.147. The highest BCUT2D eigenvalue weighted by Crippen LogP contribution is 2.56. The lowest BCUT2D eigenvalue weighted by Gasteiger charge is -2.04. The second kappa shape index (κ2) is 5.73. The first-order valence-corrected chi connectivity index (χ1v) is 8.15. The average molecular weight is 308 g/mol. The van der Waals surface area contributed by atoms with Crippen LogP contribution >= 0.6 is 0 Å². The van der Waals surface area contributed by atoms with Crippen molar-refractivity contribution in [3.8, 4) is 0 Å². The van der Waals surface area contributed by atoms with Crippen molar-refractivity contribution in [2.45, 2.75) is 26.4 Å². The molecule has 3 atom stereocenters. The van der Waals surface area contributed by atoms with Crippen molar-refractivity contribution in [1.29, 1.82) is 0 Å². The highest BCUT2D eigenvalue weighted by Gasteiger charge is 2.56. The Kier molecular flexibility index (Phi) is 3.56. The number of esters is 1. The van der Waals surface area contributed by atoms with Crippen LogP contribution in [0, 0.1) is 17.8 Å². The molecule has 1 aromatic heterocycles. The molecular weight excluding hydrogens is 288 g/mol. The summed E-state index contributed by atoms with van der Waals surface area (Å²) < 4.78 is 11.0. The largest absolute Gasteiger partial charge is 0.469 e. The molecule has 1 fully saturated rings. The molecule has 3 nitrogen and oxygen atoms in total. The fourth-order valence-electron chi connectivity index (χ4n) is 3.63. The highest BCUT2D eigenvalue weighted by molar-refractivity contribution is 5.77. The molecule has 4 rings (SSSR count). The Morgan fingerprint density at radius 3 is 2.83 bits per heavy atom. The van der Waals surface area contributed by atoms with Gasteiger partial charge >= 0.3 is 5.97 Å². The Morgan fingerprint density at radius 2 is 2.09 bits per heavy atom. The van der Waals surface area contributed by atoms with E-state index in [0.717, 1.165) is 24.2 Å². The van der Waals surface area contributed by atoms with Crippen LogP contribution in [0.25, 0.3) is 0 Å². The zero-order valence-electron chi connectivity index (χ0n) is 13.2. The molecule has 23 heavy (non-hydrogen) atoms. The van der Waals surface area contributed by atoms with Crippen LogP contribution in [0.1, 0.15) is 30.2 Å². The van der Waals surface area contributed by atoms with Gasteiger partial charge in [-0.3, -0.25) is 4.79 Å². The number of carbonyl (C=O) groups is 1. The first-order chi connectivity index (χ1) is 11.2. The zero-order chi connectivity index (χ0) is 15.8. The van der Waals surface area contributed by atoms with Crippen molar-refractivity contribution in [3.05, 3.63) is 71.2 Å². The third-order valence-electron chi connectivity index (χ3n) is 4.85. The van der Waals surface area contributed by atoms with Gasteiger partial charge in [-0.25, -0.2) is 0 Å². The van der Waals surface area contributed by atoms with E-state index in [0.29, 0.717) is 18.4 Å². The summed E-state index contributed by atoms with van der Waals surface area (Å²) in [4.78, 5) is 12.1. The molecule has 0 saturated heterocycles. The van der Waals surface area contributed by atoms with Crippen molar-refractivity contribution in [2.24, 2.45) is 17.8 Å². The van der Waals surface area contributed by atoms with Gasteiger partial charge in [0.1, 0.15) is 12.4 Å². The van der Waals surface area contributed by atoms with E-state index >= 15 is 0 Å². The summed E-state index contributed by atoms with van der Waals surface area (Å²) in [6.07, 6.45) is 5.72. The number of rotatable bonds is 5. The minimum Gasteiger partial charge on any atom is -0.469 e. The number of benzene rings is 1. The van der Waals surface area contributed by atoms with Gasteiger partial charge in [0.15, 0.2) is 0 Å². The number of ether oxygens (including phenoxy) is 1. The molecular formula is C20H20O3. The molecule has 0 radical (unpaired) electrons. The second-order valence-electron chi connectivity index (χ2n) is 6.68. The molecule has 118 valence electrons. The van der Waals surface area contributed by atoms with Crippen molar-refractivity contribution in [1.82, 2.24) is 0 Å². The monoisotopic (exact) mass is 308 g/mol. The Labute approximate surface area is 136 Å². The molecule has 0 aliphatic heterocycles. The van der Waals surface area contributed by atoms with Crippen molar-refractivity contribution in [3.63, 3.8) is 0 Å². The molecule has 1 aromatic carbocycles. The van der Waals surface area contributed by atoms with Gasteiger partial charge in [0.25, 0.3) is 0 Å². The summed E-state index contributed by atoms with van der Waals surface area (Å²) >= 11 is 0. The van der Waals surface area contributed by atoms with Crippen LogP contribution in [0.5, 0.6) is 0 Å². The van der Waals surface area contributed by atoms with Gasteiger partial charge in [-0.2, -0.15) is 0 Å². The number of hydrogen-bond acceptors (Lipinski definition) is 3. The van der Waals surface area contributed by atoms with E-state index in [9.17, 15) is 4.79 Å². The van der Waals surface area contributed by atoms with Gasteiger partial charge in [-0.05, 0) is 36.8 Å². The topological polar surface area (TPSA) is 39.4 Å².